The second kappa shape index (κ2) is 6.40. The Labute approximate surface area is 152 Å². The maximum Gasteiger partial charge on any atom is 0.289 e. The van der Waals surface area contributed by atoms with E-state index in [0.29, 0.717) is 42.3 Å². The topological polar surface area (TPSA) is 69.6 Å². The first-order valence-corrected chi connectivity index (χ1v) is 8.83. The molecule has 0 atom stereocenters. The second-order valence-corrected chi connectivity index (χ2v) is 6.74. The summed E-state index contributed by atoms with van der Waals surface area (Å²) in [6, 6.07) is 13.0. The molecule has 2 aromatic heterocycles. The van der Waals surface area contributed by atoms with Crippen molar-refractivity contribution in [2.75, 3.05) is 26.2 Å². The lowest BCUT2D eigenvalue weighted by Crippen LogP contribution is -2.50. The van der Waals surface area contributed by atoms with Crippen molar-refractivity contribution in [3.8, 4) is 0 Å². The molecule has 1 aliphatic heterocycles. The number of nitrogens with zero attached hydrogens (tertiary/aromatic N) is 2. The van der Waals surface area contributed by atoms with Gasteiger partial charge in [-0.3, -0.25) is 9.59 Å². The highest BCUT2D eigenvalue weighted by Gasteiger charge is 2.27. The monoisotopic (exact) mass is 401 g/mol. The Hall–Kier alpha value is -2.54. The number of halogens is 1. The predicted molar refractivity (Wildman–Crippen MR) is 96.5 cm³/mol. The van der Waals surface area contributed by atoms with Gasteiger partial charge in [-0.25, -0.2) is 0 Å². The summed E-state index contributed by atoms with van der Waals surface area (Å²) in [5.74, 6) is 0.120. The molecular formula is C18H16BrN3O3. The van der Waals surface area contributed by atoms with Crippen LogP contribution in [-0.4, -0.2) is 52.8 Å². The molecule has 0 spiro atoms. The molecule has 1 aromatic carbocycles. The first-order valence-electron chi connectivity index (χ1n) is 8.03. The van der Waals surface area contributed by atoms with Crippen LogP contribution in [0.4, 0.5) is 0 Å². The van der Waals surface area contributed by atoms with Crippen molar-refractivity contribution in [1.29, 1.82) is 0 Å². The highest BCUT2D eigenvalue weighted by molar-refractivity contribution is 9.10. The predicted octanol–water partition coefficient (Wildman–Crippen LogP) is 3.12. The SMILES string of the molecule is O=C(c1cc2ccccc2[nH]1)N1CCN(C(=O)c2ccc(Br)o2)CC1. The molecule has 0 radical (unpaired) electrons. The van der Waals surface area contributed by atoms with Gasteiger partial charge in [0.1, 0.15) is 5.69 Å². The zero-order valence-corrected chi connectivity index (χ0v) is 15.0. The number of furan rings is 1. The number of piperazine rings is 1. The van der Waals surface area contributed by atoms with Crippen LogP contribution in [0.1, 0.15) is 21.0 Å². The second-order valence-electron chi connectivity index (χ2n) is 5.96. The number of fused-ring (bicyclic) bond motifs is 1. The fraction of sp³-hybridized carbons (Fsp3) is 0.222. The first kappa shape index (κ1) is 16.0. The van der Waals surface area contributed by atoms with Gasteiger partial charge in [-0.05, 0) is 40.2 Å². The van der Waals surface area contributed by atoms with Crippen molar-refractivity contribution < 1.29 is 14.0 Å². The van der Waals surface area contributed by atoms with E-state index in [0.717, 1.165) is 10.9 Å². The van der Waals surface area contributed by atoms with E-state index in [9.17, 15) is 9.59 Å². The van der Waals surface area contributed by atoms with Crippen molar-refractivity contribution in [3.05, 3.63) is 58.6 Å². The normalized spacial score (nSPS) is 14.9. The van der Waals surface area contributed by atoms with Gasteiger partial charge >= 0.3 is 0 Å². The number of hydrogen-bond acceptors (Lipinski definition) is 3. The van der Waals surface area contributed by atoms with Crippen LogP contribution in [0.25, 0.3) is 10.9 Å². The van der Waals surface area contributed by atoms with Gasteiger partial charge in [-0.2, -0.15) is 0 Å². The lowest BCUT2D eigenvalue weighted by molar-refractivity contribution is 0.0515. The third kappa shape index (κ3) is 3.07. The largest absolute Gasteiger partial charge is 0.444 e. The molecule has 2 amide bonds. The summed E-state index contributed by atoms with van der Waals surface area (Å²) in [5.41, 5.74) is 1.53. The molecule has 6 nitrogen and oxygen atoms in total. The Morgan fingerprint density at radius 2 is 1.64 bits per heavy atom. The molecule has 1 saturated heterocycles. The van der Waals surface area contributed by atoms with Gasteiger partial charge in [0.25, 0.3) is 11.8 Å². The molecule has 25 heavy (non-hydrogen) atoms. The van der Waals surface area contributed by atoms with Crippen molar-refractivity contribution in [1.82, 2.24) is 14.8 Å². The molecule has 128 valence electrons. The van der Waals surface area contributed by atoms with Crippen LogP contribution in [0.3, 0.4) is 0 Å². The van der Waals surface area contributed by atoms with Crippen LogP contribution in [0.5, 0.6) is 0 Å². The van der Waals surface area contributed by atoms with Gasteiger partial charge in [-0.15, -0.1) is 0 Å². The van der Waals surface area contributed by atoms with Gasteiger partial charge < -0.3 is 19.2 Å². The highest BCUT2D eigenvalue weighted by atomic mass is 79.9. The fourth-order valence-corrected chi connectivity index (χ4v) is 3.36. The minimum Gasteiger partial charge on any atom is -0.444 e. The van der Waals surface area contributed by atoms with E-state index in [-0.39, 0.29) is 11.8 Å². The van der Waals surface area contributed by atoms with Gasteiger partial charge in [0.2, 0.25) is 0 Å². The molecule has 3 heterocycles. The number of carbonyl (C=O) groups is 2. The maximum absolute atomic E-state index is 12.7. The van der Waals surface area contributed by atoms with Crippen LogP contribution in [-0.2, 0) is 0 Å². The maximum atomic E-state index is 12.7. The van der Waals surface area contributed by atoms with Gasteiger partial charge in [-0.1, -0.05) is 18.2 Å². The molecule has 1 N–H and O–H groups in total. The Morgan fingerprint density at radius 3 is 2.28 bits per heavy atom. The summed E-state index contributed by atoms with van der Waals surface area (Å²) in [5, 5.41) is 1.02. The van der Waals surface area contributed by atoms with Crippen molar-refractivity contribution in [3.63, 3.8) is 0 Å². The molecule has 3 aromatic rings. The van der Waals surface area contributed by atoms with Gasteiger partial charge in [0.15, 0.2) is 10.4 Å². The highest BCUT2D eigenvalue weighted by Crippen LogP contribution is 2.19. The zero-order valence-electron chi connectivity index (χ0n) is 13.4. The standard InChI is InChI=1S/C18H16BrN3O3/c19-16-6-5-15(25-16)18(24)22-9-7-21(8-10-22)17(23)14-11-12-3-1-2-4-13(12)20-14/h1-6,11,20H,7-10H2. The van der Waals surface area contributed by atoms with E-state index in [1.807, 2.05) is 30.3 Å². The Kier molecular flexibility index (Phi) is 4.09. The summed E-state index contributed by atoms with van der Waals surface area (Å²) in [6.07, 6.45) is 0. The van der Waals surface area contributed by atoms with E-state index in [4.69, 9.17) is 4.42 Å². The number of aromatic nitrogens is 1. The smallest absolute Gasteiger partial charge is 0.289 e. The number of H-pyrrole nitrogens is 1. The molecule has 1 aliphatic rings. The van der Waals surface area contributed by atoms with Gasteiger partial charge in [0, 0.05) is 37.1 Å². The molecule has 0 aliphatic carbocycles. The molecule has 4 rings (SSSR count). The van der Waals surface area contributed by atoms with Crippen molar-refractivity contribution in [2.45, 2.75) is 0 Å². The van der Waals surface area contributed by atoms with Crippen LogP contribution in [0.2, 0.25) is 0 Å². The van der Waals surface area contributed by atoms with Crippen LogP contribution in [0.15, 0.2) is 51.6 Å². The molecule has 0 saturated carbocycles. The van der Waals surface area contributed by atoms with E-state index < -0.39 is 0 Å². The van der Waals surface area contributed by atoms with Crippen molar-refractivity contribution >= 4 is 38.6 Å². The number of hydrogen-bond donors (Lipinski definition) is 1. The zero-order chi connectivity index (χ0) is 17.4. The van der Waals surface area contributed by atoms with E-state index >= 15 is 0 Å². The minimum atomic E-state index is -0.150. The molecule has 1 fully saturated rings. The minimum absolute atomic E-state index is 0.0379. The van der Waals surface area contributed by atoms with E-state index in [1.165, 1.54) is 0 Å². The molecular weight excluding hydrogens is 386 g/mol. The number of rotatable bonds is 2. The number of carbonyl (C=O) groups excluding carboxylic acids is 2. The van der Waals surface area contributed by atoms with Crippen LogP contribution >= 0.6 is 15.9 Å². The fourth-order valence-electron chi connectivity index (χ4n) is 3.06. The number of aromatic amines is 1. The average molecular weight is 402 g/mol. The average Bonchev–Trinajstić information content (AvgIpc) is 3.26. The number of para-hydroxylation sites is 1. The van der Waals surface area contributed by atoms with Crippen molar-refractivity contribution in [2.24, 2.45) is 0 Å². The third-order valence-corrected chi connectivity index (χ3v) is 4.82. The quantitative estimate of drug-likeness (QED) is 0.716. The van der Waals surface area contributed by atoms with Crippen LogP contribution < -0.4 is 0 Å². The lowest BCUT2D eigenvalue weighted by atomic mass is 10.2. The van der Waals surface area contributed by atoms with E-state index in [1.54, 1.807) is 21.9 Å². The molecule has 7 heteroatoms. The Balaban J connectivity index is 1.42. The first-order chi connectivity index (χ1) is 12.1. The third-order valence-electron chi connectivity index (χ3n) is 4.40. The lowest BCUT2D eigenvalue weighted by Gasteiger charge is -2.34. The number of amides is 2. The molecule has 0 bridgehead atoms. The summed E-state index contributed by atoms with van der Waals surface area (Å²) < 4.78 is 5.85. The summed E-state index contributed by atoms with van der Waals surface area (Å²) in [6.45, 7) is 1.98. The number of nitrogens with one attached hydrogen (secondary N) is 1. The Bertz CT molecular complexity index is 905. The summed E-state index contributed by atoms with van der Waals surface area (Å²) in [7, 11) is 0. The number of benzene rings is 1. The summed E-state index contributed by atoms with van der Waals surface area (Å²) >= 11 is 3.20. The Morgan fingerprint density at radius 1 is 0.960 bits per heavy atom. The van der Waals surface area contributed by atoms with Gasteiger partial charge in [0.05, 0.1) is 0 Å². The molecule has 0 unspecified atom stereocenters. The summed E-state index contributed by atoms with van der Waals surface area (Å²) in [4.78, 5) is 31.7. The van der Waals surface area contributed by atoms with Crippen LogP contribution in [0, 0.1) is 0 Å². The van der Waals surface area contributed by atoms with E-state index in [2.05, 4.69) is 20.9 Å².